The summed E-state index contributed by atoms with van der Waals surface area (Å²) in [7, 11) is -3.02. The van der Waals surface area contributed by atoms with Crippen LogP contribution < -0.4 is 10.1 Å². The second-order valence-electron chi connectivity index (χ2n) is 5.75. The second-order valence-corrected chi connectivity index (χ2v) is 7.72. The quantitative estimate of drug-likeness (QED) is 0.395. The summed E-state index contributed by atoms with van der Waals surface area (Å²) < 4.78 is 22.3. The molecule has 0 bridgehead atoms. The van der Waals surface area contributed by atoms with Crippen LogP contribution in [0.4, 0.5) is 0 Å². The number of rotatable bonds is 8. The van der Waals surface area contributed by atoms with E-state index in [9.17, 15) is 4.57 Å². The van der Waals surface area contributed by atoms with E-state index >= 15 is 0 Å². The summed E-state index contributed by atoms with van der Waals surface area (Å²) in [6, 6.07) is 15.7. The Kier molecular flexibility index (Phi) is 6.09. The van der Waals surface area contributed by atoms with E-state index in [-0.39, 0.29) is 6.42 Å². The molecule has 2 unspecified atom stereocenters. The number of phosphoric ester groups is 1. The Balaban J connectivity index is 1.88. The second kappa shape index (κ2) is 8.31. The first-order valence-electron chi connectivity index (χ1n) is 8.04. The van der Waals surface area contributed by atoms with E-state index < -0.39 is 20.2 Å². The van der Waals surface area contributed by atoms with Gasteiger partial charge in [0.05, 0.1) is 0 Å². The molecule has 0 saturated carbocycles. The van der Waals surface area contributed by atoms with Crippen LogP contribution in [-0.2, 0) is 9.09 Å². The van der Waals surface area contributed by atoms with Gasteiger partial charge in [-0.25, -0.2) is 4.57 Å². The Morgan fingerprint density at radius 2 is 1.92 bits per heavy atom. The molecule has 3 rings (SSSR count). The summed E-state index contributed by atoms with van der Waals surface area (Å²) >= 11 is 1.54. The zero-order valence-electron chi connectivity index (χ0n) is 14.1. The molecule has 0 aliphatic heterocycles. The van der Waals surface area contributed by atoms with Crippen LogP contribution in [0.15, 0.2) is 59.3 Å². The molecule has 26 heavy (non-hydrogen) atoms. The van der Waals surface area contributed by atoms with Crippen molar-refractivity contribution in [1.82, 2.24) is 5.32 Å². The lowest BCUT2D eigenvalue weighted by molar-refractivity contribution is 0.0677. The Bertz CT molecular complexity index is 890. The molecule has 8 heteroatoms. The van der Waals surface area contributed by atoms with Crippen molar-refractivity contribution in [2.24, 2.45) is 0 Å². The van der Waals surface area contributed by atoms with Crippen molar-refractivity contribution in [3.63, 3.8) is 0 Å². The molecule has 3 aromatic rings. The summed E-state index contributed by atoms with van der Waals surface area (Å²) in [5.74, 6) is 0.713. The average molecular weight is 393 g/mol. The molecular weight excluding hydrogens is 373 g/mol. The maximum absolute atomic E-state index is 11.2. The fraction of sp³-hybridized carbons (Fsp3) is 0.222. The zero-order chi connectivity index (χ0) is 18.6. The fourth-order valence-corrected chi connectivity index (χ4v) is 3.96. The molecule has 3 N–H and O–H groups in total. The highest BCUT2D eigenvalue weighted by molar-refractivity contribution is 7.46. The lowest BCUT2D eigenvalue weighted by Gasteiger charge is -2.25. The van der Waals surface area contributed by atoms with Gasteiger partial charge in [0.1, 0.15) is 18.1 Å². The molecule has 1 heterocycles. The highest BCUT2D eigenvalue weighted by atomic mass is 32.1. The van der Waals surface area contributed by atoms with Crippen LogP contribution in [0.1, 0.15) is 18.1 Å². The van der Waals surface area contributed by atoms with Crippen LogP contribution in [-0.4, -0.2) is 23.1 Å². The van der Waals surface area contributed by atoms with Crippen LogP contribution in [0.25, 0.3) is 10.8 Å². The highest BCUT2D eigenvalue weighted by Crippen LogP contribution is 2.40. The topological polar surface area (TPSA) is 88.0 Å². The number of ether oxygens (including phenoxy) is 1. The van der Waals surface area contributed by atoms with Gasteiger partial charge in [-0.1, -0.05) is 36.4 Å². The molecule has 138 valence electrons. The monoisotopic (exact) mass is 393 g/mol. The molecule has 2 aromatic carbocycles. The molecular formula is C18H20NO5PS. The SMILES string of the molecule is CNC(CC(Oc1cccc2ccccc12)c1ccsc1)OP(=O)(O)O. The van der Waals surface area contributed by atoms with Crippen LogP contribution in [0.3, 0.4) is 0 Å². The van der Waals surface area contributed by atoms with Crippen LogP contribution >= 0.6 is 19.2 Å². The van der Waals surface area contributed by atoms with Gasteiger partial charge in [-0.2, -0.15) is 11.3 Å². The number of thiophene rings is 1. The minimum atomic E-state index is -4.61. The first kappa shape index (κ1) is 19.0. The largest absolute Gasteiger partial charge is 0.485 e. The smallest absolute Gasteiger partial charge is 0.471 e. The molecule has 0 spiro atoms. The molecule has 0 fully saturated rings. The van der Waals surface area contributed by atoms with Crippen molar-refractivity contribution in [2.45, 2.75) is 18.8 Å². The molecule has 0 aliphatic rings. The summed E-state index contributed by atoms with van der Waals surface area (Å²) in [5.41, 5.74) is 0.928. The summed E-state index contributed by atoms with van der Waals surface area (Å²) in [6.45, 7) is 0. The van der Waals surface area contributed by atoms with Crippen molar-refractivity contribution in [3.05, 3.63) is 64.9 Å². The lowest BCUT2D eigenvalue weighted by atomic mass is 10.1. The van der Waals surface area contributed by atoms with Gasteiger partial charge in [0, 0.05) is 17.4 Å². The van der Waals surface area contributed by atoms with E-state index in [4.69, 9.17) is 19.0 Å². The van der Waals surface area contributed by atoms with Crippen molar-refractivity contribution in [2.75, 3.05) is 7.05 Å². The van der Waals surface area contributed by atoms with Gasteiger partial charge in [-0.05, 0) is 35.3 Å². The van der Waals surface area contributed by atoms with E-state index in [0.717, 1.165) is 16.3 Å². The minimum absolute atomic E-state index is 0.238. The van der Waals surface area contributed by atoms with E-state index in [0.29, 0.717) is 5.75 Å². The predicted octanol–water partition coefficient (Wildman–Crippen LogP) is 4.07. The third-order valence-corrected chi connectivity index (χ3v) is 5.18. The maximum atomic E-state index is 11.2. The first-order chi connectivity index (χ1) is 12.5. The van der Waals surface area contributed by atoms with Gasteiger partial charge in [0.2, 0.25) is 0 Å². The molecule has 0 amide bonds. The molecule has 0 aliphatic carbocycles. The summed E-state index contributed by atoms with van der Waals surface area (Å²) in [4.78, 5) is 18.2. The van der Waals surface area contributed by atoms with Gasteiger partial charge < -0.3 is 14.5 Å². The lowest BCUT2D eigenvalue weighted by Crippen LogP contribution is -2.30. The van der Waals surface area contributed by atoms with Crippen molar-refractivity contribution >= 4 is 29.9 Å². The molecule has 0 radical (unpaired) electrons. The standard InChI is InChI=1S/C18H20NO5PS/c1-19-18(24-25(20,21)22)11-17(14-9-10-26-12-14)23-16-8-4-6-13-5-2-3-7-15(13)16/h2-10,12,17-19H,11H2,1H3,(H2,20,21,22). The summed E-state index contributed by atoms with van der Waals surface area (Å²) in [6.07, 6.45) is -1.03. The average Bonchev–Trinajstić information content (AvgIpc) is 3.14. The number of phosphoric acid groups is 1. The van der Waals surface area contributed by atoms with Gasteiger partial charge in [0.25, 0.3) is 0 Å². The highest BCUT2D eigenvalue weighted by Gasteiger charge is 2.26. The maximum Gasteiger partial charge on any atom is 0.471 e. The van der Waals surface area contributed by atoms with Gasteiger partial charge in [-0.15, -0.1) is 0 Å². The Hall–Kier alpha value is -1.73. The Morgan fingerprint density at radius 1 is 1.15 bits per heavy atom. The van der Waals surface area contributed by atoms with Gasteiger partial charge in [0.15, 0.2) is 0 Å². The molecule has 1 aromatic heterocycles. The van der Waals surface area contributed by atoms with Gasteiger partial charge >= 0.3 is 7.82 Å². The fourth-order valence-electron chi connectivity index (χ4n) is 2.74. The third-order valence-electron chi connectivity index (χ3n) is 3.95. The number of benzene rings is 2. The number of hydrogen-bond donors (Lipinski definition) is 3. The Morgan fingerprint density at radius 3 is 2.62 bits per heavy atom. The Labute approximate surface area is 155 Å². The number of fused-ring (bicyclic) bond motifs is 1. The van der Waals surface area contributed by atoms with Crippen LogP contribution in [0.5, 0.6) is 5.75 Å². The van der Waals surface area contributed by atoms with Crippen molar-refractivity contribution in [1.29, 1.82) is 0 Å². The van der Waals surface area contributed by atoms with E-state index in [1.807, 2.05) is 59.3 Å². The zero-order valence-corrected chi connectivity index (χ0v) is 15.8. The van der Waals surface area contributed by atoms with Crippen LogP contribution in [0.2, 0.25) is 0 Å². The molecule has 2 atom stereocenters. The van der Waals surface area contributed by atoms with E-state index in [1.54, 1.807) is 7.05 Å². The first-order valence-corrected chi connectivity index (χ1v) is 10.5. The molecule has 6 nitrogen and oxygen atoms in total. The number of hydrogen-bond acceptors (Lipinski definition) is 5. The number of nitrogens with one attached hydrogen (secondary N) is 1. The third kappa shape index (κ3) is 4.92. The predicted molar refractivity (Wildman–Crippen MR) is 102 cm³/mol. The van der Waals surface area contributed by atoms with Crippen molar-refractivity contribution in [3.8, 4) is 5.75 Å². The summed E-state index contributed by atoms with van der Waals surface area (Å²) in [5, 5.41) is 8.72. The van der Waals surface area contributed by atoms with Gasteiger partial charge in [-0.3, -0.25) is 9.84 Å². The van der Waals surface area contributed by atoms with Crippen LogP contribution in [0, 0.1) is 0 Å². The molecule has 0 saturated heterocycles. The van der Waals surface area contributed by atoms with E-state index in [2.05, 4.69) is 5.32 Å². The van der Waals surface area contributed by atoms with Crippen molar-refractivity contribution < 1.29 is 23.6 Å². The normalized spacial score (nSPS) is 14.3. The minimum Gasteiger partial charge on any atom is -0.485 e. The van der Waals surface area contributed by atoms with E-state index in [1.165, 1.54) is 11.3 Å².